The Bertz CT molecular complexity index is 1510. The Labute approximate surface area is 341 Å². The summed E-state index contributed by atoms with van der Waals surface area (Å²) in [5, 5.41) is 35.1. The molecule has 24 heteroatoms. The molecule has 0 rings (SSSR count). The van der Waals surface area contributed by atoms with Crippen LogP contribution >= 0.6 is 0 Å². The molecule has 0 saturated heterocycles. The zero-order chi connectivity index (χ0) is 45.4. The Hall–Kier alpha value is -5.91. The highest BCUT2D eigenvalue weighted by Crippen LogP contribution is 2.09. The standard InChI is InChI=1S/C35H61N11O13/c1-17(2)13-22(42-26(49)15-37)33(56)45-23(14-25(39)48)34(57)43-19(7-5-6-12-36)31(54)44-20(9-11-28(51)52)30(53)40-16-27(50)41-21(8-10-24(38)47)32(55)46-29(18(3)4)35(58)59/h17-23,29H,5-16,36-37H2,1-4H3,(H2,38,47)(H2,39,48)(H,40,53)(H,41,50)(H,42,49)(H,43,57)(H,44,54)(H,45,56)(H,46,55)(H,51,52)(H,58,59)/t19-,20-,21-,22-,23-,29-/m0/s1. The fourth-order valence-corrected chi connectivity index (χ4v) is 5.34. The highest BCUT2D eigenvalue weighted by atomic mass is 16.4. The fourth-order valence-electron chi connectivity index (χ4n) is 5.34. The third-order valence-electron chi connectivity index (χ3n) is 8.43. The van der Waals surface area contributed by atoms with Gasteiger partial charge in [0.25, 0.3) is 0 Å². The summed E-state index contributed by atoms with van der Waals surface area (Å²) in [5.74, 6) is -11.7. The summed E-state index contributed by atoms with van der Waals surface area (Å²) in [5.41, 5.74) is 21.5. The van der Waals surface area contributed by atoms with Crippen LogP contribution in [0, 0.1) is 11.8 Å². The molecule has 0 saturated carbocycles. The van der Waals surface area contributed by atoms with E-state index in [0.717, 1.165) is 0 Å². The molecule has 0 bridgehead atoms. The summed E-state index contributed by atoms with van der Waals surface area (Å²) >= 11 is 0. The molecule has 334 valence electrons. The first-order valence-corrected chi connectivity index (χ1v) is 19.0. The van der Waals surface area contributed by atoms with Gasteiger partial charge in [-0.25, -0.2) is 4.79 Å². The maximum absolute atomic E-state index is 13.6. The zero-order valence-corrected chi connectivity index (χ0v) is 33.8. The number of nitrogens with one attached hydrogen (secondary N) is 7. The Morgan fingerprint density at radius 3 is 1.53 bits per heavy atom. The number of aliphatic carboxylic acids is 2. The van der Waals surface area contributed by atoms with Crippen LogP contribution in [0.4, 0.5) is 0 Å². The second kappa shape index (κ2) is 27.7. The van der Waals surface area contributed by atoms with Crippen LogP contribution < -0.4 is 60.2 Å². The molecule has 6 atom stereocenters. The molecule has 0 radical (unpaired) electrons. The monoisotopic (exact) mass is 843 g/mol. The lowest BCUT2D eigenvalue weighted by Crippen LogP contribution is -2.59. The van der Waals surface area contributed by atoms with Crippen LogP contribution in [-0.2, 0) is 52.7 Å². The number of carbonyl (C=O) groups is 11. The van der Waals surface area contributed by atoms with Gasteiger partial charge in [0.1, 0.15) is 36.3 Å². The highest BCUT2D eigenvalue weighted by Gasteiger charge is 2.33. The maximum Gasteiger partial charge on any atom is 0.326 e. The first-order chi connectivity index (χ1) is 27.5. The van der Waals surface area contributed by atoms with Gasteiger partial charge in [0.05, 0.1) is 19.5 Å². The molecule has 0 aromatic carbocycles. The second-order valence-electron chi connectivity index (χ2n) is 14.4. The number of rotatable bonds is 30. The topological polar surface area (TPSA) is 417 Å². The van der Waals surface area contributed by atoms with Crippen LogP contribution in [0.1, 0.15) is 85.5 Å². The van der Waals surface area contributed by atoms with Crippen molar-refractivity contribution in [1.82, 2.24) is 37.2 Å². The van der Waals surface area contributed by atoms with Crippen LogP contribution in [0.2, 0.25) is 0 Å². The Balaban J connectivity index is 6.20. The quantitative estimate of drug-likeness (QED) is 0.0301. The molecule has 0 aliphatic carbocycles. The van der Waals surface area contributed by atoms with E-state index in [1.165, 1.54) is 13.8 Å². The molecule has 17 N–H and O–H groups in total. The Morgan fingerprint density at radius 2 is 1.03 bits per heavy atom. The minimum Gasteiger partial charge on any atom is -0.481 e. The number of hydrogen-bond acceptors (Lipinski definition) is 13. The lowest BCUT2D eigenvalue weighted by atomic mass is 10.0. The van der Waals surface area contributed by atoms with Crippen molar-refractivity contribution in [3.8, 4) is 0 Å². The molecular formula is C35H61N11O13. The van der Waals surface area contributed by atoms with Crippen molar-refractivity contribution in [3.63, 3.8) is 0 Å². The lowest BCUT2D eigenvalue weighted by Gasteiger charge is -2.26. The number of amides is 9. The van der Waals surface area contributed by atoms with Crippen LogP contribution in [0.15, 0.2) is 0 Å². The SMILES string of the molecule is CC(C)C[C@H](NC(=O)CN)C(=O)N[C@@H](CC(N)=O)C(=O)N[C@@H](CCCCN)C(=O)N[C@@H](CCC(=O)O)C(=O)NCC(=O)N[C@@H](CCC(N)=O)C(=O)N[C@H](C(=O)O)C(C)C. The number of nitrogens with two attached hydrogens (primary N) is 4. The van der Waals surface area contributed by atoms with E-state index in [-0.39, 0.29) is 44.6 Å². The molecule has 0 aliphatic heterocycles. The molecule has 24 nitrogen and oxygen atoms in total. The molecule has 0 aromatic rings. The van der Waals surface area contributed by atoms with Crippen molar-refractivity contribution in [3.05, 3.63) is 0 Å². The largest absolute Gasteiger partial charge is 0.481 e. The molecular weight excluding hydrogens is 782 g/mol. The minimum absolute atomic E-state index is 0.0848. The predicted molar refractivity (Wildman–Crippen MR) is 208 cm³/mol. The van der Waals surface area contributed by atoms with Gasteiger partial charge in [-0.05, 0) is 56.9 Å². The average molecular weight is 844 g/mol. The Kier molecular flexibility index (Phi) is 24.9. The predicted octanol–water partition coefficient (Wildman–Crippen LogP) is -5.11. The molecule has 0 fully saturated rings. The van der Waals surface area contributed by atoms with Gasteiger partial charge in [-0.1, -0.05) is 27.7 Å². The molecule has 0 heterocycles. The molecule has 0 aromatic heterocycles. The second-order valence-corrected chi connectivity index (χ2v) is 14.4. The van der Waals surface area contributed by atoms with Gasteiger partial charge < -0.3 is 70.4 Å². The van der Waals surface area contributed by atoms with Crippen molar-refractivity contribution >= 4 is 65.1 Å². The van der Waals surface area contributed by atoms with Crippen molar-refractivity contribution in [2.75, 3.05) is 19.6 Å². The average Bonchev–Trinajstić information content (AvgIpc) is 3.13. The summed E-state index contributed by atoms with van der Waals surface area (Å²) in [7, 11) is 0. The van der Waals surface area contributed by atoms with Gasteiger partial charge in [0, 0.05) is 12.8 Å². The van der Waals surface area contributed by atoms with E-state index in [1.807, 2.05) is 0 Å². The number of unbranched alkanes of at least 4 members (excludes halogenated alkanes) is 1. The molecule has 0 spiro atoms. The minimum atomic E-state index is -1.63. The van der Waals surface area contributed by atoms with Gasteiger partial charge in [-0.15, -0.1) is 0 Å². The van der Waals surface area contributed by atoms with Crippen LogP contribution in [0.3, 0.4) is 0 Å². The van der Waals surface area contributed by atoms with Crippen LogP contribution in [0.25, 0.3) is 0 Å². The summed E-state index contributed by atoms with van der Waals surface area (Å²) < 4.78 is 0. The third-order valence-corrected chi connectivity index (χ3v) is 8.43. The van der Waals surface area contributed by atoms with E-state index in [0.29, 0.717) is 6.42 Å². The van der Waals surface area contributed by atoms with Crippen molar-refractivity contribution < 1.29 is 63.0 Å². The smallest absolute Gasteiger partial charge is 0.326 e. The normalized spacial score (nSPS) is 14.0. The summed E-state index contributed by atoms with van der Waals surface area (Å²) in [6.45, 7) is 5.53. The van der Waals surface area contributed by atoms with Gasteiger partial charge >= 0.3 is 11.9 Å². The van der Waals surface area contributed by atoms with Gasteiger partial charge in [0.15, 0.2) is 0 Å². The van der Waals surface area contributed by atoms with Crippen molar-refractivity contribution in [2.45, 2.75) is 122 Å². The molecule has 0 aliphatic rings. The summed E-state index contributed by atoms with van der Waals surface area (Å²) in [6, 6.07) is -8.64. The summed E-state index contributed by atoms with van der Waals surface area (Å²) in [6.07, 6.45) is -1.89. The van der Waals surface area contributed by atoms with E-state index >= 15 is 0 Å². The number of carbonyl (C=O) groups excluding carboxylic acids is 9. The fraction of sp³-hybridized carbons (Fsp3) is 0.686. The summed E-state index contributed by atoms with van der Waals surface area (Å²) in [4.78, 5) is 138. The van der Waals surface area contributed by atoms with E-state index in [9.17, 15) is 63.0 Å². The Morgan fingerprint density at radius 1 is 0.542 bits per heavy atom. The lowest BCUT2D eigenvalue weighted by molar-refractivity contribution is -0.143. The number of primary amides is 2. The first kappa shape index (κ1) is 53.1. The number of carboxylic acid groups (broad SMARTS) is 2. The van der Waals surface area contributed by atoms with Crippen molar-refractivity contribution in [1.29, 1.82) is 0 Å². The van der Waals surface area contributed by atoms with Crippen molar-refractivity contribution in [2.24, 2.45) is 34.8 Å². The number of hydrogen-bond donors (Lipinski definition) is 13. The first-order valence-electron chi connectivity index (χ1n) is 19.0. The van der Waals surface area contributed by atoms with E-state index in [4.69, 9.17) is 22.9 Å². The van der Waals surface area contributed by atoms with E-state index in [2.05, 4.69) is 37.2 Å². The molecule has 9 amide bonds. The van der Waals surface area contributed by atoms with E-state index < -0.39 is 140 Å². The van der Waals surface area contributed by atoms with Crippen LogP contribution in [0.5, 0.6) is 0 Å². The highest BCUT2D eigenvalue weighted by molar-refractivity contribution is 5.98. The van der Waals surface area contributed by atoms with Gasteiger partial charge in [0.2, 0.25) is 53.2 Å². The van der Waals surface area contributed by atoms with Gasteiger partial charge in [-0.2, -0.15) is 0 Å². The maximum atomic E-state index is 13.6. The third kappa shape index (κ3) is 22.6. The van der Waals surface area contributed by atoms with Crippen LogP contribution in [-0.4, -0.2) is 131 Å². The number of carboxylic acids is 2. The zero-order valence-electron chi connectivity index (χ0n) is 33.8. The van der Waals surface area contributed by atoms with E-state index in [1.54, 1.807) is 13.8 Å². The molecule has 0 unspecified atom stereocenters. The molecule has 59 heavy (non-hydrogen) atoms. The van der Waals surface area contributed by atoms with Gasteiger partial charge in [-0.3, -0.25) is 47.9 Å².